The Morgan fingerprint density at radius 2 is 1.80 bits per heavy atom. The van der Waals surface area contributed by atoms with E-state index in [1.807, 2.05) is 29.2 Å². The molecule has 25 heavy (non-hydrogen) atoms. The number of amides is 1. The Hall–Kier alpha value is -2.50. The van der Waals surface area contributed by atoms with Crippen molar-refractivity contribution in [1.29, 1.82) is 0 Å². The van der Waals surface area contributed by atoms with Crippen LogP contribution in [0.4, 0.5) is 11.6 Å². The van der Waals surface area contributed by atoms with Crippen LogP contribution < -0.4 is 5.32 Å². The molecule has 1 aromatic carbocycles. The molecule has 0 atom stereocenters. The monoisotopic (exact) mass is 339 g/mol. The zero-order valence-electron chi connectivity index (χ0n) is 15.1. The van der Waals surface area contributed by atoms with Gasteiger partial charge in [-0.1, -0.05) is 26.0 Å². The molecular weight excluding hydrogens is 314 g/mol. The highest BCUT2D eigenvalue weighted by Crippen LogP contribution is 2.28. The van der Waals surface area contributed by atoms with Crippen LogP contribution in [0.1, 0.15) is 50.6 Å². The number of nitrogens with one attached hydrogen (secondary N) is 1. The fourth-order valence-corrected chi connectivity index (χ4v) is 2.89. The maximum Gasteiger partial charge on any atom is 0.247 e. The summed E-state index contributed by atoms with van der Waals surface area (Å²) in [6, 6.07) is 8.48. The molecule has 6 nitrogen and oxygen atoms in total. The Labute approximate surface area is 148 Å². The molecule has 0 radical (unpaired) electrons. The zero-order valence-corrected chi connectivity index (χ0v) is 15.1. The first-order valence-electron chi connectivity index (χ1n) is 8.96. The molecule has 1 amide bonds. The maximum atomic E-state index is 11.7. The van der Waals surface area contributed by atoms with Gasteiger partial charge in [0.05, 0.1) is 11.4 Å². The number of hydrogen-bond acceptors (Lipinski definition) is 5. The van der Waals surface area contributed by atoms with Crippen LogP contribution in [0.15, 0.2) is 24.3 Å². The first-order valence-corrected chi connectivity index (χ1v) is 8.96. The number of carbonyl (C=O) groups is 1. The lowest BCUT2D eigenvalue weighted by Crippen LogP contribution is -2.30. The second-order valence-electron chi connectivity index (χ2n) is 6.44. The fraction of sp³-hybridized carbons (Fsp3) is 0.474. The summed E-state index contributed by atoms with van der Waals surface area (Å²) in [7, 11) is 0. The van der Waals surface area contributed by atoms with Gasteiger partial charge in [-0.15, -0.1) is 10.2 Å². The molecule has 0 aliphatic heterocycles. The lowest BCUT2D eigenvalue weighted by atomic mass is 10.2. The minimum Gasteiger partial charge on any atom is -0.336 e. The molecule has 0 spiro atoms. The number of aryl methyl sites for hydroxylation is 2. The molecule has 0 bridgehead atoms. The fourth-order valence-electron chi connectivity index (χ4n) is 2.89. The van der Waals surface area contributed by atoms with Crippen LogP contribution in [0.3, 0.4) is 0 Å². The maximum absolute atomic E-state index is 11.7. The van der Waals surface area contributed by atoms with Crippen molar-refractivity contribution in [2.45, 2.75) is 59.0 Å². The molecule has 132 valence electrons. The predicted octanol–water partition coefficient (Wildman–Crippen LogP) is 3.25. The molecular formula is C19H25N5O. The topological polar surface area (TPSA) is 71.0 Å². The van der Waals surface area contributed by atoms with E-state index in [2.05, 4.69) is 34.3 Å². The van der Waals surface area contributed by atoms with Gasteiger partial charge in [-0.3, -0.25) is 4.79 Å². The van der Waals surface area contributed by atoms with Crippen LogP contribution in [-0.2, 0) is 24.2 Å². The summed E-state index contributed by atoms with van der Waals surface area (Å²) < 4.78 is 0. The third-order valence-electron chi connectivity index (χ3n) is 4.46. The summed E-state index contributed by atoms with van der Waals surface area (Å²) >= 11 is 0. The summed E-state index contributed by atoms with van der Waals surface area (Å²) in [5, 5.41) is 11.6. The van der Waals surface area contributed by atoms with E-state index in [9.17, 15) is 4.79 Å². The Balaban J connectivity index is 1.67. The quantitative estimate of drug-likeness (QED) is 0.838. The summed E-state index contributed by atoms with van der Waals surface area (Å²) in [5.41, 5.74) is 3.98. The van der Waals surface area contributed by atoms with Gasteiger partial charge in [0.1, 0.15) is 0 Å². The summed E-state index contributed by atoms with van der Waals surface area (Å²) in [4.78, 5) is 18.2. The third-order valence-corrected chi connectivity index (χ3v) is 4.46. The molecule has 1 fully saturated rings. The molecule has 1 aromatic heterocycles. The standard InChI is InChI=1S/C19H25N5O/c1-4-17-18(5-2)22-23-19(21-17)20-15-8-6-14(7-9-15)12-24(13(3)25)16-10-11-16/h6-9,16H,4-5,10-12H2,1-3H3,(H,20,21,23). The van der Waals surface area contributed by atoms with E-state index in [-0.39, 0.29) is 5.91 Å². The average Bonchev–Trinajstić information content (AvgIpc) is 3.45. The Kier molecular flexibility index (Phi) is 5.26. The highest BCUT2D eigenvalue weighted by atomic mass is 16.2. The molecule has 0 unspecified atom stereocenters. The number of anilines is 2. The number of benzene rings is 1. The van der Waals surface area contributed by atoms with E-state index in [1.54, 1.807) is 6.92 Å². The van der Waals surface area contributed by atoms with E-state index in [0.717, 1.165) is 48.3 Å². The van der Waals surface area contributed by atoms with Crippen molar-refractivity contribution in [2.75, 3.05) is 5.32 Å². The Morgan fingerprint density at radius 3 is 2.36 bits per heavy atom. The molecule has 0 saturated heterocycles. The lowest BCUT2D eigenvalue weighted by Gasteiger charge is -2.20. The van der Waals surface area contributed by atoms with E-state index >= 15 is 0 Å². The van der Waals surface area contributed by atoms with Gasteiger partial charge < -0.3 is 10.2 Å². The number of hydrogen-bond donors (Lipinski definition) is 1. The molecule has 1 aliphatic rings. The van der Waals surface area contributed by atoms with Gasteiger partial charge >= 0.3 is 0 Å². The van der Waals surface area contributed by atoms with Gasteiger partial charge in [-0.2, -0.15) is 0 Å². The molecule has 1 saturated carbocycles. The minimum absolute atomic E-state index is 0.146. The van der Waals surface area contributed by atoms with Crippen molar-refractivity contribution in [2.24, 2.45) is 0 Å². The van der Waals surface area contributed by atoms with Gasteiger partial charge in [0, 0.05) is 25.2 Å². The van der Waals surface area contributed by atoms with E-state index in [4.69, 9.17) is 0 Å². The number of rotatable bonds is 7. The van der Waals surface area contributed by atoms with Crippen LogP contribution in [0.25, 0.3) is 0 Å². The van der Waals surface area contributed by atoms with Gasteiger partial charge in [-0.05, 0) is 43.4 Å². The summed E-state index contributed by atoms with van der Waals surface area (Å²) in [6.45, 7) is 6.44. The number of aromatic nitrogens is 3. The van der Waals surface area contributed by atoms with Crippen molar-refractivity contribution >= 4 is 17.5 Å². The molecule has 1 N–H and O–H groups in total. The Bertz CT molecular complexity index is 740. The highest BCUT2D eigenvalue weighted by Gasteiger charge is 2.30. The van der Waals surface area contributed by atoms with Crippen molar-refractivity contribution in [1.82, 2.24) is 20.1 Å². The summed E-state index contributed by atoms with van der Waals surface area (Å²) in [6.07, 6.45) is 3.92. The highest BCUT2D eigenvalue weighted by molar-refractivity contribution is 5.74. The first-order chi connectivity index (χ1) is 12.1. The van der Waals surface area contributed by atoms with E-state index in [1.165, 1.54) is 0 Å². The van der Waals surface area contributed by atoms with Gasteiger partial charge in [0.25, 0.3) is 0 Å². The SMILES string of the molecule is CCc1nnc(Nc2ccc(CN(C(C)=O)C3CC3)cc2)nc1CC. The van der Waals surface area contributed by atoms with Crippen LogP contribution in [0, 0.1) is 0 Å². The number of carbonyl (C=O) groups excluding carboxylic acids is 1. The van der Waals surface area contributed by atoms with Crippen molar-refractivity contribution in [3.63, 3.8) is 0 Å². The van der Waals surface area contributed by atoms with Crippen molar-refractivity contribution in [3.05, 3.63) is 41.2 Å². The molecule has 2 aromatic rings. The number of nitrogens with zero attached hydrogens (tertiary/aromatic N) is 4. The minimum atomic E-state index is 0.146. The van der Waals surface area contributed by atoms with E-state index < -0.39 is 0 Å². The average molecular weight is 339 g/mol. The van der Waals surface area contributed by atoms with Gasteiger partial charge in [-0.25, -0.2) is 4.98 Å². The van der Waals surface area contributed by atoms with Gasteiger partial charge in [0.2, 0.25) is 11.9 Å². The van der Waals surface area contributed by atoms with Crippen molar-refractivity contribution < 1.29 is 4.79 Å². The second-order valence-corrected chi connectivity index (χ2v) is 6.44. The van der Waals surface area contributed by atoms with Crippen LogP contribution in [0.2, 0.25) is 0 Å². The lowest BCUT2D eigenvalue weighted by molar-refractivity contribution is -0.130. The van der Waals surface area contributed by atoms with Crippen molar-refractivity contribution in [3.8, 4) is 0 Å². The predicted molar refractivity (Wildman–Crippen MR) is 97.6 cm³/mol. The summed E-state index contributed by atoms with van der Waals surface area (Å²) in [5.74, 6) is 0.664. The molecule has 1 aliphatic carbocycles. The third kappa shape index (κ3) is 4.32. The smallest absolute Gasteiger partial charge is 0.247 e. The normalized spacial score (nSPS) is 13.6. The second kappa shape index (κ2) is 7.59. The molecule has 6 heteroatoms. The van der Waals surface area contributed by atoms with Crippen LogP contribution in [0.5, 0.6) is 0 Å². The van der Waals surface area contributed by atoms with Crippen LogP contribution >= 0.6 is 0 Å². The first kappa shape index (κ1) is 17.3. The Morgan fingerprint density at radius 1 is 1.12 bits per heavy atom. The van der Waals surface area contributed by atoms with Gasteiger partial charge in [0.15, 0.2) is 0 Å². The van der Waals surface area contributed by atoms with E-state index in [0.29, 0.717) is 18.5 Å². The molecule has 3 rings (SSSR count). The molecule has 1 heterocycles. The largest absolute Gasteiger partial charge is 0.336 e. The van der Waals surface area contributed by atoms with Crippen LogP contribution in [-0.4, -0.2) is 32.0 Å². The zero-order chi connectivity index (χ0) is 17.8.